The van der Waals surface area contributed by atoms with Crippen molar-refractivity contribution in [3.05, 3.63) is 276 Å². The highest BCUT2D eigenvalue weighted by molar-refractivity contribution is 6.10. The highest BCUT2D eigenvalue weighted by Gasteiger charge is 2.52. The zero-order chi connectivity index (χ0) is 48.2. The number of pyridine rings is 2. The van der Waals surface area contributed by atoms with E-state index in [1.165, 1.54) is 66.1 Å². The summed E-state index contributed by atoms with van der Waals surface area (Å²) in [7, 11) is 0. The van der Waals surface area contributed by atoms with Crippen LogP contribution < -0.4 is 4.74 Å². The van der Waals surface area contributed by atoms with Gasteiger partial charge >= 0.3 is 0 Å². The second kappa shape index (κ2) is 16.1. The highest BCUT2D eigenvalue weighted by Crippen LogP contribution is 2.62. The molecule has 15 rings (SSSR count). The molecular formula is C68H46N4O. The molecule has 0 fully saturated rings. The quantitative estimate of drug-likeness (QED) is 0.160. The van der Waals surface area contributed by atoms with Gasteiger partial charge in [0.05, 0.1) is 38.9 Å². The van der Waals surface area contributed by atoms with Gasteiger partial charge in [-0.1, -0.05) is 152 Å². The maximum absolute atomic E-state index is 7.00. The second-order valence-electron chi connectivity index (χ2n) is 19.6. The molecule has 4 aromatic heterocycles. The minimum absolute atomic E-state index is 0.729. The molecule has 1 spiro atoms. The van der Waals surface area contributed by atoms with Gasteiger partial charge in [0, 0.05) is 73.6 Å². The Balaban J connectivity index is 0.807. The topological polar surface area (TPSA) is 44.9 Å². The fourth-order valence-electron chi connectivity index (χ4n) is 12.5. The van der Waals surface area contributed by atoms with Gasteiger partial charge in [-0.3, -0.25) is 9.97 Å². The lowest BCUT2D eigenvalue weighted by molar-refractivity contribution is 0.436. The molecule has 0 bridgehead atoms. The van der Waals surface area contributed by atoms with Crippen LogP contribution in [0.2, 0.25) is 0 Å². The monoisotopic (exact) mass is 934 g/mol. The molecule has 5 nitrogen and oxygen atoms in total. The predicted molar refractivity (Wildman–Crippen MR) is 298 cm³/mol. The molecule has 0 amide bonds. The molecule has 0 saturated carbocycles. The van der Waals surface area contributed by atoms with Gasteiger partial charge in [0.2, 0.25) is 0 Å². The van der Waals surface area contributed by atoms with Crippen LogP contribution in [0.4, 0.5) is 0 Å². The molecule has 9 aromatic carbocycles. The Hall–Kier alpha value is -9.32. The summed E-state index contributed by atoms with van der Waals surface area (Å²) in [5.41, 5.74) is 21.0. The Bertz CT molecular complexity index is 4280. The molecule has 1 unspecified atom stereocenters. The third-order valence-electron chi connectivity index (χ3n) is 15.8. The van der Waals surface area contributed by atoms with Crippen molar-refractivity contribution in [2.45, 2.75) is 25.2 Å². The molecule has 0 saturated heterocycles. The van der Waals surface area contributed by atoms with E-state index in [-0.39, 0.29) is 0 Å². The first-order valence-corrected chi connectivity index (χ1v) is 25.3. The SMILES string of the molecule is Cc1ccc(-c2cnc3c(c2)C2(c4ccccc4Oc4cc(-n5c6ccccc6c6ccccc65)ccc42)c2cccnc2-3)cc1-c1ccccc1CCc1ccc(-n2c3ccccc3c3ccccc32)cc1. The van der Waals surface area contributed by atoms with Crippen LogP contribution in [0, 0.1) is 6.92 Å². The summed E-state index contributed by atoms with van der Waals surface area (Å²) in [5, 5.41) is 5.00. The Morgan fingerprint density at radius 2 is 0.986 bits per heavy atom. The van der Waals surface area contributed by atoms with Gasteiger partial charge in [-0.2, -0.15) is 0 Å². The van der Waals surface area contributed by atoms with E-state index in [1.54, 1.807) is 0 Å². The minimum atomic E-state index is -0.729. The normalized spacial score (nSPS) is 14.4. The lowest BCUT2D eigenvalue weighted by Gasteiger charge is -2.39. The number of aromatic nitrogens is 4. The number of nitrogens with zero attached hydrogens (tertiary/aromatic N) is 4. The smallest absolute Gasteiger partial charge is 0.134 e. The van der Waals surface area contributed by atoms with Crippen LogP contribution in [0.5, 0.6) is 11.5 Å². The van der Waals surface area contributed by atoms with Gasteiger partial charge in [-0.25, -0.2) is 0 Å². The average molecular weight is 935 g/mol. The van der Waals surface area contributed by atoms with Crippen LogP contribution in [-0.2, 0) is 18.3 Å². The van der Waals surface area contributed by atoms with Gasteiger partial charge in [-0.05, 0) is 125 Å². The van der Waals surface area contributed by atoms with E-state index in [0.29, 0.717) is 0 Å². The minimum Gasteiger partial charge on any atom is -0.457 e. The van der Waals surface area contributed by atoms with Crippen molar-refractivity contribution in [3.63, 3.8) is 0 Å². The molecule has 1 aliphatic carbocycles. The third kappa shape index (κ3) is 6.15. The lowest BCUT2D eigenvalue weighted by atomic mass is 9.66. The molecule has 0 radical (unpaired) electrons. The van der Waals surface area contributed by atoms with E-state index in [0.717, 1.165) is 85.8 Å². The first kappa shape index (κ1) is 41.5. The second-order valence-corrected chi connectivity index (χ2v) is 19.6. The Kier molecular flexibility index (Phi) is 9.15. The van der Waals surface area contributed by atoms with Crippen LogP contribution in [0.15, 0.2) is 237 Å². The summed E-state index contributed by atoms with van der Waals surface area (Å²) in [4.78, 5) is 10.4. The number of benzene rings is 9. The zero-order valence-corrected chi connectivity index (χ0v) is 40.1. The molecule has 5 heteroatoms. The Labute approximate surface area is 422 Å². The fourth-order valence-corrected chi connectivity index (χ4v) is 12.5. The van der Waals surface area contributed by atoms with Gasteiger partial charge in [-0.15, -0.1) is 0 Å². The number of fused-ring (bicyclic) bond motifs is 15. The standard InChI is InChI=1S/C68H46N4O/c1-43-28-32-46(39-55(43)50-16-3-2-15-45(50)33-29-44-30-34-48(35-31-44)71-60-23-9-4-17-51(60)52-18-5-10-24-61(52)71)47-40-59-67(70-42-47)66-58(22-14-38-69-66)68(59)56-21-8-13-27-64(56)73-65-41-49(36-37-57(65)68)72-62-25-11-6-19-53(62)54-20-7-12-26-63(54)72/h2-28,30-32,34-42H,29,33H2,1H3. The maximum atomic E-state index is 7.00. The van der Waals surface area contributed by atoms with Gasteiger partial charge in [0.15, 0.2) is 0 Å². The first-order valence-electron chi connectivity index (χ1n) is 25.3. The fraction of sp³-hybridized carbons (Fsp3) is 0.0588. The van der Waals surface area contributed by atoms with Gasteiger partial charge in [0.25, 0.3) is 0 Å². The van der Waals surface area contributed by atoms with Crippen LogP contribution in [-0.4, -0.2) is 19.1 Å². The molecule has 344 valence electrons. The van der Waals surface area contributed by atoms with E-state index < -0.39 is 5.41 Å². The van der Waals surface area contributed by atoms with E-state index in [9.17, 15) is 0 Å². The highest BCUT2D eigenvalue weighted by atomic mass is 16.5. The zero-order valence-electron chi connectivity index (χ0n) is 40.1. The summed E-state index contributed by atoms with van der Waals surface area (Å²) >= 11 is 0. The molecule has 1 aliphatic heterocycles. The molecule has 73 heavy (non-hydrogen) atoms. The van der Waals surface area contributed by atoms with E-state index in [1.807, 2.05) is 12.4 Å². The van der Waals surface area contributed by atoms with Crippen molar-refractivity contribution < 1.29 is 4.74 Å². The van der Waals surface area contributed by atoms with Crippen molar-refractivity contribution in [1.82, 2.24) is 19.1 Å². The summed E-state index contributed by atoms with van der Waals surface area (Å²) in [5.74, 6) is 1.65. The van der Waals surface area contributed by atoms with Crippen LogP contribution >= 0.6 is 0 Å². The summed E-state index contributed by atoms with van der Waals surface area (Å²) in [6, 6.07) is 81.6. The van der Waals surface area contributed by atoms with Crippen molar-refractivity contribution >= 4 is 43.6 Å². The molecule has 5 heterocycles. The molecule has 2 aliphatic rings. The van der Waals surface area contributed by atoms with Crippen LogP contribution in [0.25, 0.3) is 88.6 Å². The molecule has 13 aromatic rings. The van der Waals surface area contributed by atoms with Crippen molar-refractivity contribution in [3.8, 4) is 56.5 Å². The van der Waals surface area contributed by atoms with Crippen LogP contribution in [0.1, 0.15) is 38.9 Å². The van der Waals surface area contributed by atoms with Crippen LogP contribution in [0.3, 0.4) is 0 Å². The molecular weight excluding hydrogens is 889 g/mol. The third-order valence-corrected chi connectivity index (χ3v) is 15.8. The number of para-hydroxylation sites is 5. The van der Waals surface area contributed by atoms with E-state index in [4.69, 9.17) is 14.7 Å². The van der Waals surface area contributed by atoms with Crippen molar-refractivity contribution in [2.24, 2.45) is 0 Å². The molecule has 1 atom stereocenters. The molecule has 0 N–H and O–H groups in total. The van der Waals surface area contributed by atoms with Crippen molar-refractivity contribution in [1.29, 1.82) is 0 Å². The summed E-state index contributed by atoms with van der Waals surface area (Å²) in [6.45, 7) is 2.23. The number of aryl methyl sites for hydroxylation is 3. The lowest BCUT2D eigenvalue weighted by Crippen LogP contribution is -2.32. The first-order chi connectivity index (χ1) is 36.1. The summed E-state index contributed by atoms with van der Waals surface area (Å²) in [6.07, 6.45) is 5.78. The number of ether oxygens (including phenoxy) is 1. The summed E-state index contributed by atoms with van der Waals surface area (Å²) < 4.78 is 11.7. The largest absolute Gasteiger partial charge is 0.457 e. The van der Waals surface area contributed by atoms with E-state index in [2.05, 4.69) is 241 Å². The Morgan fingerprint density at radius 3 is 1.70 bits per heavy atom. The average Bonchev–Trinajstić information content (AvgIpc) is 4.08. The van der Waals surface area contributed by atoms with E-state index >= 15 is 0 Å². The predicted octanol–water partition coefficient (Wildman–Crippen LogP) is 16.6. The maximum Gasteiger partial charge on any atom is 0.134 e. The number of hydrogen-bond donors (Lipinski definition) is 0. The number of hydrogen-bond acceptors (Lipinski definition) is 3. The van der Waals surface area contributed by atoms with Gasteiger partial charge in [0.1, 0.15) is 11.5 Å². The number of rotatable bonds is 7. The van der Waals surface area contributed by atoms with Gasteiger partial charge < -0.3 is 13.9 Å². The van der Waals surface area contributed by atoms with Crippen molar-refractivity contribution in [2.75, 3.05) is 0 Å². The Morgan fingerprint density at radius 1 is 0.411 bits per heavy atom.